The number of carboxylic acid groups (broad SMARTS) is 1. The minimum atomic E-state index is -1.16. The third kappa shape index (κ3) is 6.13. The fourth-order valence-electron chi connectivity index (χ4n) is 3.42. The molecule has 6 nitrogen and oxygen atoms in total. The van der Waals surface area contributed by atoms with Crippen molar-refractivity contribution in [3.05, 3.63) is 80.8 Å². The van der Waals surface area contributed by atoms with Crippen molar-refractivity contribution in [2.45, 2.75) is 32.2 Å². The highest BCUT2D eigenvalue weighted by molar-refractivity contribution is 9.10. The largest absolute Gasteiger partial charge is 0.506 e. The highest BCUT2D eigenvalue weighted by atomic mass is 79.9. The smallest absolute Gasteiger partial charge is 0.330 e. The fraction of sp³-hybridized carbons (Fsp3) is 0.200. The number of carbonyl (C=O) groups is 2. The summed E-state index contributed by atoms with van der Waals surface area (Å²) in [6.45, 7) is 3.85. The van der Waals surface area contributed by atoms with Gasteiger partial charge in [-0.15, -0.1) is 0 Å². The minimum Gasteiger partial charge on any atom is -0.506 e. The van der Waals surface area contributed by atoms with E-state index in [4.69, 9.17) is 24.2 Å². The van der Waals surface area contributed by atoms with Gasteiger partial charge in [-0.2, -0.15) is 0 Å². The number of hydrogen-bond acceptors (Lipinski definition) is 4. The first-order valence-corrected chi connectivity index (χ1v) is 11.6. The van der Waals surface area contributed by atoms with Gasteiger partial charge in [0.25, 0.3) is 0 Å². The molecule has 1 amide bonds. The minimum absolute atomic E-state index is 0.00702. The number of carbonyl (C=O) groups excluding carboxylic acids is 1. The molecule has 34 heavy (non-hydrogen) atoms. The van der Waals surface area contributed by atoms with Crippen molar-refractivity contribution in [1.29, 1.82) is 0 Å². The Morgan fingerprint density at radius 1 is 1.15 bits per heavy atom. The molecule has 3 aromatic rings. The zero-order valence-corrected chi connectivity index (χ0v) is 20.9. The second-order valence-electron chi connectivity index (χ2n) is 8.02. The Kier molecular flexibility index (Phi) is 8.28. The quantitative estimate of drug-likeness (QED) is 0.348. The number of halogens is 2. The van der Waals surface area contributed by atoms with E-state index < -0.39 is 17.9 Å². The predicted octanol–water partition coefficient (Wildman–Crippen LogP) is 5.00. The van der Waals surface area contributed by atoms with Crippen LogP contribution in [0.1, 0.15) is 42.5 Å². The zero-order valence-electron chi connectivity index (χ0n) is 18.5. The normalized spacial score (nSPS) is 11.8. The van der Waals surface area contributed by atoms with E-state index in [2.05, 4.69) is 21.2 Å². The Balaban J connectivity index is 1.78. The summed E-state index contributed by atoms with van der Waals surface area (Å²) in [5.74, 6) is -0.869. The van der Waals surface area contributed by atoms with Crippen LogP contribution in [0.25, 0.3) is 0 Å². The molecule has 174 valence electrons. The van der Waals surface area contributed by atoms with Gasteiger partial charge in [0.05, 0.1) is 15.9 Å². The van der Waals surface area contributed by atoms with Gasteiger partial charge in [-0.1, -0.05) is 67.3 Å². The zero-order chi connectivity index (χ0) is 25.0. The van der Waals surface area contributed by atoms with Crippen molar-refractivity contribution in [2.75, 3.05) is 0 Å². The maximum Gasteiger partial charge on any atom is 0.330 e. The molecular formula is C25H22BBrClNO5. The number of aromatic hydroxyl groups is 1. The summed E-state index contributed by atoms with van der Waals surface area (Å²) in [7, 11) is 6.19. The van der Waals surface area contributed by atoms with E-state index in [0.717, 1.165) is 0 Å². The lowest BCUT2D eigenvalue weighted by Gasteiger charge is -2.17. The third-order valence-corrected chi connectivity index (χ3v) is 5.97. The number of rotatable bonds is 8. The number of hydrogen-bond donors (Lipinski definition) is 3. The van der Waals surface area contributed by atoms with Crippen LogP contribution in [0.15, 0.2) is 59.1 Å². The Labute approximate surface area is 212 Å². The van der Waals surface area contributed by atoms with Gasteiger partial charge < -0.3 is 20.3 Å². The van der Waals surface area contributed by atoms with Crippen LogP contribution in [0.4, 0.5) is 0 Å². The molecular weight excluding hydrogens is 520 g/mol. The van der Waals surface area contributed by atoms with Crippen molar-refractivity contribution in [3.8, 4) is 17.2 Å². The Hall–Kier alpha value is -2.97. The van der Waals surface area contributed by atoms with Crippen LogP contribution in [0.5, 0.6) is 17.2 Å². The molecule has 1 unspecified atom stereocenters. The topological polar surface area (TPSA) is 95.9 Å². The molecule has 0 saturated carbocycles. The van der Waals surface area contributed by atoms with Crippen LogP contribution < -0.4 is 15.5 Å². The molecule has 0 spiro atoms. The molecule has 0 heterocycles. The van der Waals surface area contributed by atoms with E-state index in [-0.39, 0.29) is 28.6 Å². The van der Waals surface area contributed by atoms with Crippen LogP contribution in [0.3, 0.4) is 0 Å². The van der Waals surface area contributed by atoms with E-state index in [1.165, 1.54) is 6.07 Å². The van der Waals surface area contributed by atoms with Crippen molar-refractivity contribution in [2.24, 2.45) is 0 Å². The van der Waals surface area contributed by atoms with Crippen molar-refractivity contribution >= 4 is 52.7 Å². The first-order chi connectivity index (χ1) is 16.1. The summed E-state index contributed by atoms with van der Waals surface area (Å²) >= 11 is 9.56. The molecule has 0 aliphatic rings. The highest BCUT2D eigenvalue weighted by Gasteiger charge is 2.22. The molecule has 9 heteroatoms. The molecule has 0 fully saturated rings. The molecule has 0 saturated heterocycles. The van der Waals surface area contributed by atoms with Gasteiger partial charge in [-0.3, -0.25) is 4.79 Å². The number of amides is 1. The monoisotopic (exact) mass is 541 g/mol. The van der Waals surface area contributed by atoms with Crippen LogP contribution in [-0.4, -0.2) is 29.9 Å². The summed E-state index contributed by atoms with van der Waals surface area (Å²) in [6, 6.07) is 13.7. The average molecular weight is 543 g/mol. The number of ether oxygens (including phenoxy) is 1. The maximum absolute atomic E-state index is 12.6. The molecule has 2 radical (unpaired) electrons. The first kappa shape index (κ1) is 25.7. The molecule has 0 aromatic heterocycles. The summed E-state index contributed by atoms with van der Waals surface area (Å²) in [4.78, 5) is 24.2. The van der Waals surface area contributed by atoms with Crippen molar-refractivity contribution in [1.82, 2.24) is 5.32 Å². The number of phenols is 1. The standard InChI is InChI=1S/C25H22BBrClNO5/c1-13(2)17-11-16(12-20(28)23(17)31)34-24-18(26)8-14(9-19(24)27)10-21(30)29-22(25(32)33)15-6-4-3-5-7-15/h3-9,11-13,22,31H,10H2,1-2H3,(H,29,30)(H,32,33). The second kappa shape index (κ2) is 11.0. The summed E-state index contributed by atoms with van der Waals surface area (Å²) in [6.07, 6.45) is -0.0811. The molecule has 0 aliphatic carbocycles. The third-order valence-electron chi connectivity index (χ3n) is 5.09. The van der Waals surface area contributed by atoms with Crippen LogP contribution in [0, 0.1) is 0 Å². The lowest BCUT2D eigenvalue weighted by Crippen LogP contribution is -2.34. The van der Waals surface area contributed by atoms with Crippen molar-refractivity contribution < 1.29 is 24.5 Å². The van der Waals surface area contributed by atoms with E-state index >= 15 is 0 Å². The summed E-state index contributed by atoms with van der Waals surface area (Å²) < 4.78 is 6.44. The summed E-state index contributed by atoms with van der Waals surface area (Å²) in [5, 5.41) is 22.4. The van der Waals surface area contributed by atoms with E-state index in [1.54, 1.807) is 48.5 Å². The lowest BCUT2D eigenvalue weighted by molar-refractivity contribution is -0.141. The SMILES string of the molecule is [B]c1cc(CC(=O)NC(C(=O)O)c2ccccc2)cc(Br)c1Oc1cc(Cl)c(O)c(C(C)C)c1. The van der Waals surface area contributed by atoms with E-state index in [0.29, 0.717) is 32.7 Å². The van der Waals surface area contributed by atoms with Gasteiger partial charge >= 0.3 is 5.97 Å². The number of aliphatic carboxylic acids is 1. The molecule has 3 aromatic carbocycles. The van der Waals surface area contributed by atoms with Gasteiger partial charge in [0, 0.05) is 11.6 Å². The van der Waals surface area contributed by atoms with Crippen LogP contribution >= 0.6 is 27.5 Å². The molecule has 3 N–H and O–H groups in total. The molecule has 1 atom stereocenters. The Morgan fingerprint density at radius 3 is 2.41 bits per heavy atom. The van der Waals surface area contributed by atoms with E-state index in [9.17, 15) is 19.8 Å². The maximum atomic E-state index is 12.6. The van der Waals surface area contributed by atoms with Gasteiger partial charge in [-0.05, 0) is 45.1 Å². The van der Waals surface area contributed by atoms with Gasteiger partial charge in [-0.25, -0.2) is 4.79 Å². The highest BCUT2D eigenvalue weighted by Crippen LogP contribution is 2.38. The number of benzene rings is 3. The second-order valence-corrected chi connectivity index (χ2v) is 9.28. The fourth-order valence-corrected chi connectivity index (χ4v) is 4.25. The Morgan fingerprint density at radius 2 is 1.82 bits per heavy atom. The first-order valence-electron chi connectivity index (χ1n) is 10.4. The lowest BCUT2D eigenvalue weighted by atomic mass is 9.92. The molecule has 3 rings (SSSR count). The number of phenolic OH excluding ortho intramolecular Hbond substituents is 1. The van der Waals surface area contributed by atoms with Gasteiger partial charge in [0.2, 0.25) is 5.91 Å². The van der Waals surface area contributed by atoms with Crippen LogP contribution in [-0.2, 0) is 16.0 Å². The summed E-state index contributed by atoms with van der Waals surface area (Å²) in [5.41, 5.74) is 1.95. The number of carboxylic acids is 1. The van der Waals surface area contributed by atoms with Gasteiger partial charge in [0.15, 0.2) is 6.04 Å². The number of nitrogens with one attached hydrogen (secondary N) is 1. The van der Waals surface area contributed by atoms with E-state index in [1.807, 2.05) is 13.8 Å². The molecule has 0 aliphatic heterocycles. The molecule has 0 bridgehead atoms. The Bertz CT molecular complexity index is 1200. The van der Waals surface area contributed by atoms with Crippen LogP contribution in [0.2, 0.25) is 5.02 Å². The van der Waals surface area contributed by atoms with Crippen molar-refractivity contribution in [3.63, 3.8) is 0 Å². The predicted molar refractivity (Wildman–Crippen MR) is 135 cm³/mol. The average Bonchev–Trinajstić information content (AvgIpc) is 2.77. The van der Waals surface area contributed by atoms with Gasteiger partial charge in [0.1, 0.15) is 25.1 Å².